The quantitative estimate of drug-likeness (QED) is 0.0195. The Balaban J connectivity index is 2.51. The van der Waals surface area contributed by atoms with E-state index < -0.39 is 67.4 Å². The highest BCUT2D eigenvalue weighted by Crippen LogP contribution is 2.27. The van der Waals surface area contributed by atoms with Crippen molar-refractivity contribution in [1.29, 1.82) is 0 Å². The molecule has 0 spiro atoms. The van der Waals surface area contributed by atoms with Gasteiger partial charge in [-0.2, -0.15) is 0 Å². The second-order valence-corrected chi connectivity index (χ2v) is 26.0. The van der Waals surface area contributed by atoms with E-state index in [9.17, 15) is 35.1 Å². The smallest absolute Gasteiger partial charge is 0.306 e. The van der Waals surface area contributed by atoms with Gasteiger partial charge in [0.25, 0.3) is 0 Å². The van der Waals surface area contributed by atoms with Gasteiger partial charge in [-0.3, -0.25) is 9.59 Å². The number of aliphatic hydroxyl groups is 5. The summed E-state index contributed by atoms with van der Waals surface area (Å²) in [6, 6.07) is -1.02. The molecule has 0 aliphatic carbocycles. The molecule has 1 aliphatic heterocycles. The fraction of sp³-hybridized carbons (Fsp3) is 0.893. The van der Waals surface area contributed by atoms with Crippen LogP contribution in [0.5, 0.6) is 0 Å². The van der Waals surface area contributed by atoms with E-state index >= 15 is 0 Å². The molecule has 11 heteroatoms. The van der Waals surface area contributed by atoms with Crippen molar-refractivity contribution in [2.75, 3.05) is 13.2 Å². The number of rotatable bonds is 65. The Hall–Kier alpha value is -2.12. The molecule has 6 N–H and O–H groups in total. The molecule has 0 aromatic carbocycles. The second-order valence-electron chi connectivity index (χ2n) is 26.0. The van der Waals surface area contributed by atoms with Crippen LogP contribution in [0.25, 0.3) is 0 Å². The van der Waals surface area contributed by atoms with Crippen molar-refractivity contribution in [2.45, 2.75) is 416 Å². The largest absolute Gasteiger partial charge is 0.454 e. The van der Waals surface area contributed by atoms with Crippen molar-refractivity contribution in [3.63, 3.8) is 0 Å². The molecule has 506 valence electrons. The van der Waals surface area contributed by atoms with E-state index in [1.807, 2.05) is 6.08 Å². The lowest BCUT2D eigenvalue weighted by atomic mass is 9.99. The number of nitrogens with one attached hydrogen (secondary N) is 1. The van der Waals surface area contributed by atoms with E-state index in [4.69, 9.17) is 14.2 Å². The average molecular weight is 1220 g/mol. The van der Waals surface area contributed by atoms with Crippen LogP contribution in [0.2, 0.25) is 0 Å². The Morgan fingerprint density at radius 3 is 1.21 bits per heavy atom. The maximum Gasteiger partial charge on any atom is 0.306 e. The molecule has 11 nitrogen and oxygen atoms in total. The van der Waals surface area contributed by atoms with Gasteiger partial charge in [0.05, 0.1) is 25.4 Å². The SMILES string of the molecule is CCCCC/C=C\C/C=C\CCCCCCCCCCCCCCCCCCCC(=O)OC1C(OCC(NC(=O)C(O)CCCCCCCCCCCCCCCCCCCC)C(O)/C=C/CCCCCCCCCCCC)OC(CO)C(O)C1O. The zero-order chi connectivity index (χ0) is 62.4. The summed E-state index contributed by atoms with van der Waals surface area (Å²) in [6.07, 6.45) is 67.7. The molecule has 1 rings (SSSR count). The molecule has 0 aromatic rings. The van der Waals surface area contributed by atoms with Crippen LogP contribution in [0, 0.1) is 0 Å². The van der Waals surface area contributed by atoms with E-state index in [2.05, 4.69) is 50.4 Å². The van der Waals surface area contributed by atoms with Gasteiger partial charge in [-0.15, -0.1) is 0 Å². The first-order valence-electron chi connectivity index (χ1n) is 37.3. The standard InChI is InChI=1S/C75H141NO10/c1-4-7-10-13-16-19-22-25-27-29-31-32-33-34-35-36-37-38-39-41-43-45-48-51-54-57-60-63-70(80)86-73-72(82)71(81)69(64-77)85-75(73)84-65-66(67(78)61-58-55-52-49-46-24-21-18-15-12-9-6-3)76-74(83)68(79)62-59-56-53-50-47-44-42-40-30-28-26-23-20-17-14-11-8-5-2/h16,19,25,27,58,61,66-69,71-73,75,77-79,81-82H,4-15,17-18,20-24,26,28-57,59-60,62-65H2,1-3H3,(H,76,83)/b19-16-,27-25-,61-58+. The Bertz CT molecular complexity index is 1540. The van der Waals surface area contributed by atoms with Crippen molar-refractivity contribution >= 4 is 11.9 Å². The highest BCUT2D eigenvalue weighted by Gasteiger charge is 2.47. The molecule has 0 bridgehead atoms. The van der Waals surface area contributed by atoms with Crippen molar-refractivity contribution in [1.82, 2.24) is 5.32 Å². The maximum atomic E-state index is 13.5. The van der Waals surface area contributed by atoms with Crippen LogP contribution in [-0.2, 0) is 23.8 Å². The predicted octanol–water partition coefficient (Wildman–Crippen LogP) is 19.4. The maximum absolute atomic E-state index is 13.5. The number of ether oxygens (including phenoxy) is 3. The number of esters is 1. The van der Waals surface area contributed by atoms with Gasteiger partial charge in [0.15, 0.2) is 12.4 Å². The van der Waals surface area contributed by atoms with Gasteiger partial charge >= 0.3 is 5.97 Å². The van der Waals surface area contributed by atoms with E-state index in [1.165, 1.54) is 257 Å². The third kappa shape index (κ3) is 49.6. The molecule has 8 unspecified atom stereocenters. The van der Waals surface area contributed by atoms with Crippen LogP contribution >= 0.6 is 0 Å². The van der Waals surface area contributed by atoms with Crippen molar-refractivity contribution in [3.05, 3.63) is 36.5 Å². The van der Waals surface area contributed by atoms with Gasteiger partial charge in [0, 0.05) is 6.42 Å². The molecule has 1 heterocycles. The number of allylic oxidation sites excluding steroid dienone is 5. The monoisotopic (exact) mass is 1220 g/mol. The van der Waals surface area contributed by atoms with E-state index in [-0.39, 0.29) is 13.0 Å². The fourth-order valence-electron chi connectivity index (χ4n) is 11.9. The number of hydrogen-bond donors (Lipinski definition) is 6. The van der Waals surface area contributed by atoms with E-state index in [0.717, 1.165) is 64.2 Å². The molecular weight excluding hydrogens is 1070 g/mol. The van der Waals surface area contributed by atoms with Crippen molar-refractivity contribution < 1.29 is 49.3 Å². The van der Waals surface area contributed by atoms with Gasteiger partial charge in [0.1, 0.15) is 24.4 Å². The van der Waals surface area contributed by atoms with Gasteiger partial charge in [-0.1, -0.05) is 340 Å². The van der Waals surface area contributed by atoms with Crippen LogP contribution in [0.4, 0.5) is 0 Å². The molecule has 0 saturated carbocycles. The number of unbranched alkanes of at least 4 members (excludes halogenated alkanes) is 47. The zero-order valence-corrected chi connectivity index (χ0v) is 56.5. The lowest BCUT2D eigenvalue weighted by Crippen LogP contribution is -2.61. The van der Waals surface area contributed by atoms with Gasteiger partial charge in [-0.25, -0.2) is 0 Å². The number of amides is 1. The first kappa shape index (κ1) is 81.9. The Morgan fingerprint density at radius 1 is 0.453 bits per heavy atom. The Labute approximate surface area is 530 Å². The number of carbonyl (C=O) groups is 2. The first-order valence-corrected chi connectivity index (χ1v) is 37.3. The topological polar surface area (TPSA) is 175 Å². The van der Waals surface area contributed by atoms with E-state index in [1.54, 1.807) is 6.08 Å². The summed E-state index contributed by atoms with van der Waals surface area (Å²) in [4.78, 5) is 26.7. The molecule has 86 heavy (non-hydrogen) atoms. The van der Waals surface area contributed by atoms with E-state index in [0.29, 0.717) is 19.3 Å². The minimum Gasteiger partial charge on any atom is -0.454 e. The third-order valence-corrected chi connectivity index (χ3v) is 17.8. The van der Waals surface area contributed by atoms with Crippen molar-refractivity contribution in [3.8, 4) is 0 Å². The zero-order valence-electron chi connectivity index (χ0n) is 56.5. The molecule has 1 saturated heterocycles. The van der Waals surface area contributed by atoms with Crippen LogP contribution < -0.4 is 5.32 Å². The minimum absolute atomic E-state index is 0.128. The molecule has 1 aliphatic rings. The highest BCUT2D eigenvalue weighted by molar-refractivity contribution is 5.80. The van der Waals surface area contributed by atoms with Crippen molar-refractivity contribution in [2.24, 2.45) is 0 Å². The predicted molar refractivity (Wildman–Crippen MR) is 361 cm³/mol. The first-order chi connectivity index (χ1) is 42.2. The highest BCUT2D eigenvalue weighted by atomic mass is 16.7. The lowest BCUT2D eigenvalue weighted by Gasteiger charge is -2.41. The molecule has 1 fully saturated rings. The average Bonchev–Trinajstić information content (AvgIpc) is 2.65. The Kier molecular flexibility index (Phi) is 60.0. The van der Waals surface area contributed by atoms with Gasteiger partial charge < -0.3 is 45.1 Å². The summed E-state index contributed by atoms with van der Waals surface area (Å²) in [5.74, 6) is -1.17. The summed E-state index contributed by atoms with van der Waals surface area (Å²) >= 11 is 0. The normalized spacial score (nSPS) is 18.4. The van der Waals surface area contributed by atoms with Gasteiger partial charge in [-0.05, 0) is 57.8 Å². The molecule has 0 aromatic heterocycles. The van der Waals surface area contributed by atoms with Crippen LogP contribution in [0.1, 0.15) is 367 Å². The van der Waals surface area contributed by atoms with Gasteiger partial charge in [0.2, 0.25) is 5.91 Å². The third-order valence-electron chi connectivity index (χ3n) is 17.8. The molecular formula is C75H141NO10. The molecule has 1 amide bonds. The summed E-state index contributed by atoms with van der Waals surface area (Å²) in [6.45, 7) is 5.83. The number of hydrogen-bond acceptors (Lipinski definition) is 10. The second kappa shape index (κ2) is 63.0. The fourth-order valence-corrected chi connectivity index (χ4v) is 11.9. The number of carbonyl (C=O) groups excluding carboxylic acids is 2. The lowest BCUT2D eigenvalue weighted by molar-refractivity contribution is -0.305. The molecule has 8 atom stereocenters. The van der Waals surface area contributed by atoms with Crippen LogP contribution in [0.15, 0.2) is 36.5 Å². The summed E-state index contributed by atoms with van der Waals surface area (Å²) in [5, 5.41) is 57.3. The minimum atomic E-state index is -1.61. The van der Waals surface area contributed by atoms with Crippen LogP contribution in [-0.4, -0.2) is 99.6 Å². The van der Waals surface area contributed by atoms with Crippen LogP contribution in [0.3, 0.4) is 0 Å². The molecule has 0 radical (unpaired) electrons. The summed E-state index contributed by atoms with van der Waals surface area (Å²) in [7, 11) is 0. The summed E-state index contributed by atoms with van der Waals surface area (Å²) < 4.78 is 17.7. The number of aliphatic hydroxyl groups excluding tert-OH is 5. The Morgan fingerprint density at radius 2 is 0.802 bits per heavy atom. The summed E-state index contributed by atoms with van der Waals surface area (Å²) in [5.41, 5.74) is 0.